The van der Waals surface area contributed by atoms with Gasteiger partial charge in [0.1, 0.15) is 0 Å². The predicted molar refractivity (Wildman–Crippen MR) is 26.8 cm³/mol. The smallest absolute Gasteiger partial charge is 0.386 e. The minimum Gasteiger partial charge on any atom is -0.386 e. The zero-order valence-corrected chi connectivity index (χ0v) is 6.85. The second-order valence-corrected chi connectivity index (χ2v) is 1.57. The van der Waals surface area contributed by atoms with Crippen molar-refractivity contribution >= 4 is 0 Å². The molecule has 36 valence electrons. The van der Waals surface area contributed by atoms with Crippen molar-refractivity contribution < 1.29 is 56.6 Å². The van der Waals surface area contributed by atoms with E-state index in [1.807, 2.05) is 0 Å². The van der Waals surface area contributed by atoms with E-state index in [0.29, 0.717) is 0 Å². The third kappa shape index (κ3) is 9.79. The first-order chi connectivity index (χ1) is 3.00. The van der Waals surface area contributed by atoms with Crippen LogP contribution in [-0.4, -0.2) is 0 Å². The molecular formula is C6H9Li3. The third-order valence-electron chi connectivity index (χ3n) is 1.00. The molecule has 0 nitrogen and oxygen atoms in total. The number of rotatable bonds is 0. The van der Waals surface area contributed by atoms with Crippen molar-refractivity contribution in [1.29, 1.82) is 0 Å². The van der Waals surface area contributed by atoms with Gasteiger partial charge in [0.25, 0.3) is 0 Å². The first-order valence-electron chi connectivity index (χ1n) is 2.45. The van der Waals surface area contributed by atoms with Gasteiger partial charge in [-0.3, -0.25) is 0 Å². The minimum atomic E-state index is 0. The van der Waals surface area contributed by atoms with Gasteiger partial charge < -0.3 is 38.5 Å². The van der Waals surface area contributed by atoms with E-state index in [1.54, 1.807) is 0 Å². The van der Waals surface area contributed by atoms with Gasteiger partial charge in [0, 0.05) is 0 Å². The van der Waals surface area contributed by atoms with Crippen molar-refractivity contribution in [3.8, 4) is 0 Å². The van der Waals surface area contributed by atoms with Crippen LogP contribution in [0, 0.1) is 19.3 Å². The van der Waals surface area contributed by atoms with Crippen LogP contribution < -0.4 is 56.6 Å². The largest absolute Gasteiger partial charge is 1.00 e. The summed E-state index contributed by atoms with van der Waals surface area (Å²) in [5.41, 5.74) is 0. The fraction of sp³-hybridized carbons (Fsp3) is 0.500. The van der Waals surface area contributed by atoms with E-state index in [9.17, 15) is 0 Å². The normalized spacial score (nSPS) is 16.0. The summed E-state index contributed by atoms with van der Waals surface area (Å²) in [4.78, 5) is 0. The Morgan fingerprint density at radius 1 is 0.556 bits per heavy atom. The van der Waals surface area contributed by atoms with Crippen molar-refractivity contribution in [2.24, 2.45) is 0 Å². The van der Waals surface area contributed by atoms with Crippen LogP contribution in [0.1, 0.15) is 19.3 Å². The number of hydrogen-bond donors (Lipinski definition) is 0. The van der Waals surface area contributed by atoms with E-state index in [2.05, 4.69) is 19.3 Å². The van der Waals surface area contributed by atoms with Gasteiger partial charge in [-0.25, -0.2) is 0 Å². The molecule has 9 heavy (non-hydrogen) atoms. The summed E-state index contributed by atoms with van der Waals surface area (Å²) < 4.78 is 0. The van der Waals surface area contributed by atoms with E-state index < -0.39 is 0 Å². The summed E-state index contributed by atoms with van der Waals surface area (Å²) in [6.45, 7) is 0. The molecule has 1 saturated carbocycles. The molecule has 0 amide bonds. The molecule has 1 fully saturated rings. The van der Waals surface area contributed by atoms with Gasteiger partial charge >= 0.3 is 56.6 Å². The van der Waals surface area contributed by atoms with E-state index >= 15 is 0 Å². The first-order valence-corrected chi connectivity index (χ1v) is 2.45. The summed E-state index contributed by atoms with van der Waals surface area (Å²) >= 11 is 0. The zero-order valence-electron chi connectivity index (χ0n) is 6.85. The Bertz CT molecular complexity index is 23.8. The van der Waals surface area contributed by atoms with Crippen LogP contribution in [0.5, 0.6) is 0 Å². The first kappa shape index (κ1) is 17.0. The maximum atomic E-state index is 2.28. The second-order valence-electron chi connectivity index (χ2n) is 1.57. The molecule has 1 aliphatic rings. The minimum absolute atomic E-state index is 0. The fourth-order valence-corrected chi connectivity index (χ4v) is 0.642. The molecule has 0 bridgehead atoms. The van der Waals surface area contributed by atoms with Crippen LogP contribution in [0.25, 0.3) is 0 Å². The molecule has 0 aromatic rings. The predicted octanol–water partition coefficient (Wildman–Crippen LogP) is -7.20. The van der Waals surface area contributed by atoms with Crippen LogP contribution >= 0.6 is 0 Å². The molecule has 0 atom stereocenters. The van der Waals surface area contributed by atoms with Crippen LogP contribution in [0.2, 0.25) is 0 Å². The van der Waals surface area contributed by atoms with E-state index in [0.717, 1.165) is 0 Å². The standard InChI is InChI=1S/C6H9.3Li/c1-2-4-6-5-3-1;;;/h1,4-5H,2-3,6H2;;;/q-3;3*+1. The van der Waals surface area contributed by atoms with Crippen molar-refractivity contribution in [3.63, 3.8) is 0 Å². The van der Waals surface area contributed by atoms with E-state index in [1.165, 1.54) is 19.3 Å². The Balaban J connectivity index is -0.000000120. The molecule has 0 aromatic carbocycles. The number of hydrogen-bond acceptors (Lipinski definition) is 0. The molecular weight excluding hydrogens is 92.9 g/mol. The van der Waals surface area contributed by atoms with Gasteiger partial charge in [-0.05, 0) is 0 Å². The third-order valence-corrected chi connectivity index (χ3v) is 1.00. The maximum absolute atomic E-state index is 2.28. The second kappa shape index (κ2) is 12.5. The van der Waals surface area contributed by atoms with Gasteiger partial charge in [-0.1, -0.05) is 0 Å². The van der Waals surface area contributed by atoms with Gasteiger partial charge in [-0.15, -0.1) is 0 Å². The molecule has 1 aliphatic carbocycles. The Kier molecular flexibility index (Phi) is 23.6. The van der Waals surface area contributed by atoms with Gasteiger partial charge in [0.2, 0.25) is 0 Å². The molecule has 0 radical (unpaired) electrons. The van der Waals surface area contributed by atoms with Crippen molar-refractivity contribution in [1.82, 2.24) is 0 Å². The SMILES string of the molecule is [CH-]1C[CH-]C[CH-]C1.[Li+].[Li+].[Li+]. The van der Waals surface area contributed by atoms with Crippen molar-refractivity contribution in [2.75, 3.05) is 0 Å². The Labute approximate surface area is 94.5 Å². The average molecular weight is 102 g/mol. The quantitative estimate of drug-likeness (QED) is 0.210. The van der Waals surface area contributed by atoms with Crippen molar-refractivity contribution in [3.05, 3.63) is 19.3 Å². The summed E-state index contributed by atoms with van der Waals surface area (Å²) in [6, 6.07) is 0. The molecule has 0 spiro atoms. The monoisotopic (exact) mass is 102 g/mol. The molecule has 0 aromatic heterocycles. The van der Waals surface area contributed by atoms with Gasteiger partial charge in [0.15, 0.2) is 0 Å². The molecule has 0 N–H and O–H groups in total. The molecule has 0 aliphatic heterocycles. The summed E-state index contributed by atoms with van der Waals surface area (Å²) in [7, 11) is 0. The molecule has 0 saturated heterocycles. The van der Waals surface area contributed by atoms with Crippen LogP contribution in [0.4, 0.5) is 0 Å². The topological polar surface area (TPSA) is 0 Å². The van der Waals surface area contributed by atoms with Crippen LogP contribution in [-0.2, 0) is 0 Å². The Morgan fingerprint density at radius 3 is 0.889 bits per heavy atom. The average Bonchev–Trinajstić information content (AvgIpc) is 1.72. The van der Waals surface area contributed by atoms with E-state index in [-0.39, 0.29) is 56.6 Å². The summed E-state index contributed by atoms with van der Waals surface area (Å²) in [5, 5.41) is 0. The molecule has 1 rings (SSSR count). The fourth-order valence-electron chi connectivity index (χ4n) is 0.642. The summed E-state index contributed by atoms with van der Waals surface area (Å²) in [5.74, 6) is 0. The molecule has 0 heterocycles. The Hall–Kier alpha value is 1.79. The van der Waals surface area contributed by atoms with Gasteiger partial charge in [-0.2, -0.15) is 0 Å². The Morgan fingerprint density at radius 2 is 0.778 bits per heavy atom. The van der Waals surface area contributed by atoms with Crippen molar-refractivity contribution in [2.45, 2.75) is 19.3 Å². The van der Waals surface area contributed by atoms with Crippen LogP contribution in [0.15, 0.2) is 0 Å². The van der Waals surface area contributed by atoms with Gasteiger partial charge in [0.05, 0.1) is 0 Å². The van der Waals surface area contributed by atoms with Crippen LogP contribution in [0.3, 0.4) is 0 Å². The summed E-state index contributed by atoms with van der Waals surface area (Å²) in [6.07, 6.45) is 10.5. The maximum Gasteiger partial charge on any atom is 1.00 e. The van der Waals surface area contributed by atoms with E-state index in [4.69, 9.17) is 0 Å². The molecule has 3 heteroatoms. The zero-order chi connectivity index (χ0) is 4.24. The molecule has 0 unspecified atom stereocenters.